The van der Waals surface area contributed by atoms with E-state index in [9.17, 15) is 0 Å². The van der Waals surface area contributed by atoms with E-state index in [1.807, 2.05) is 0 Å². The molecule has 0 bridgehead atoms. The Hall–Kier alpha value is -0.590. The molecule has 2 aliphatic rings. The summed E-state index contributed by atoms with van der Waals surface area (Å²) in [6.45, 7) is 3.40. The van der Waals surface area contributed by atoms with Gasteiger partial charge in [-0.2, -0.15) is 5.26 Å². The Balaban J connectivity index is 2.11. The molecule has 2 rings (SSSR count). The molecule has 0 aromatic rings. The maximum atomic E-state index is 8.69. The molecule has 2 heterocycles. The van der Waals surface area contributed by atoms with E-state index >= 15 is 0 Å². The lowest BCUT2D eigenvalue weighted by atomic mass is 9.99. The van der Waals surface area contributed by atoms with Crippen LogP contribution in [-0.4, -0.2) is 25.4 Å². The quantitative estimate of drug-likeness (QED) is 0.510. The van der Waals surface area contributed by atoms with Crippen LogP contribution in [0.1, 0.15) is 6.92 Å². The van der Waals surface area contributed by atoms with Crippen molar-refractivity contribution in [3.63, 3.8) is 0 Å². The van der Waals surface area contributed by atoms with E-state index in [0.29, 0.717) is 12.5 Å². The van der Waals surface area contributed by atoms with Gasteiger partial charge in [-0.15, -0.1) is 0 Å². The number of hydrogen-bond acceptors (Lipinski definition) is 3. The van der Waals surface area contributed by atoms with Crippen molar-refractivity contribution < 1.29 is 9.47 Å². The third-order valence-corrected chi connectivity index (χ3v) is 2.47. The van der Waals surface area contributed by atoms with Crippen LogP contribution in [0.25, 0.3) is 0 Å². The van der Waals surface area contributed by atoms with Gasteiger partial charge in [-0.1, -0.05) is 6.92 Å². The van der Waals surface area contributed by atoms with Gasteiger partial charge in [-0.3, -0.25) is 0 Å². The lowest BCUT2D eigenvalue weighted by molar-refractivity contribution is 0.0642. The van der Waals surface area contributed by atoms with Crippen molar-refractivity contribution in [2.24, 2.45) is 11.8 Å². The van der Waals surface area contributed by atoms with Gasteiger partial charge in [0.05, 0.1) is 31.3 Å². The third kappa shape index (κ3) is 0.943. The van der Waals surface area contributed by atoms with Crippen LogP contribution in [0.15, 0.2) is 0 Å². The first kappa shape index (κ1) is 7.08. The molecule has 2 aliphatic heterocycles. The first-order valence-electron chi connectivity index (χ1n) is 3.95. The van der Waals surface area contributed by atoms with Gasteiger partial charge in [0.25, 0.3) is 0 Å². The number of hydrogen-bond donors (Lipinski definition) is 0. The van der Waals surface area contributed by atoms with E-state index < -0.39 is 0 Å². The van der Waals surface area contributed by atoms with Gasteiger partial charge < -0.3 is 9.47 Å². The fourth-order valence-electron chi connectivity index (χ4n) is 1.80. The Morgan fingerprint density at radius 3 is 2.73 bits per heavy atom. The average molecular weight is 153 g/mol. The summed E-state index contributed by atoms with van der Waals surface area (Å²) in [5.74, 6) is 0.420. The summed E-state index contributed by atoms with van der Waals surface area (Å²) in [7, 11) is 0. The SMILES string of the molecule is CC1COC2C(C#N)COC12. The van der Waals surface area contributed by atoms with Gasteiger partial charge in [-0.05, 0) is 0 Å². The second-order valence-electron chi connectivity index (χ2n) is 3.31. The van der Waals surface area contributed by atoms with Crippen molar-refractivity contribution in [3.05, 3.63) is 0 Å². The molecule has 0 radical (unpaired) electrons. The zero-order valence-corrected chi connectivity index (χ0v) is 6.49. The molecule has 3 heteroatoms. The molecule has 60 valence electrons. The Bertz CT molecular complexity index is 199. The van der Waals surface area contributed by atoms with E-state index in [0.717, 1.165) is 6.61 Å². The molecule has 0 aromatic heterocycles. The molecule has 0 aromatic carbocycles. The highest BCUT2D eigenvalue weighted by Crippen LogP contribution is 2.33. The molecular weight excluding hydrogens is 142 g/mol. The van der Waals surface area contributed by atoms with E-state index in [2.05, 4.69) is 13.0 Å². The lowest BCUT2D eigenvalue weighted by Gasteiger charge is -2.09. The summed E-state index contributed by atoms with van der Waals surface area (Å²) in [5, 5.41) is 8.69. The largest absolute Gasteiger partial charge is 0.374 e. The molecule has 2 fully saturated rings. The van der Waals surface area contributed by atoms with Crippen LogP contribution >= 0.6 is 0 Å². The number of rotatable bonds is 0. The van der Waals surface area contributed by atoms with Crippen LogP contribution in [-0.2, 0) is 9.47 Å². The van der Waals surface area contributed by atoms with Gasteiger partial charge >= 0.3 is 0 Å². The molecule has 4 atom stereocenters. The first-order chi connectivity index (χ1) is 5.33. The summed E-state index contributed by atoms with van der Waals surface area (Å²) < 4.78 is 10.9. The zero-order valence-electron chi connectivity index (χ0n) is 6.49. The van der Waals surface area contributed by atoms with Crippen molar-refractivity contribution in [3.8, 4) is 6.07 Å². The minimum absolute atomic E-state index is 0.0371. The standard InChI is InChI=1S/C8H11NO2/c1-5-3-10-8-6(2-9)4-11-7(5)8/h5-8H,3-4H2,1H3. The number of nitriles is 1. The summed E-state index contributed by atoms with van der Waals surface area (Å²) >= 11 is 0. The Morgan fingerprint density at radius 2 is 2.00 bits per heavy atom. The van der Waals surface area contributed by atoms with Crippen molar-refractivity contribution in [1.29, 1.82) is 5.26 Å². The average Bonchev–Trinajstić information content (AvgIpc) is 2.53. The molecule has 11 heavy (non-hydrogen) atoms. The topological polar surface area (TPSA) is 42.2 Å². The van der Waals surface area contributed by atoms with Crippen LogP contribution < -0.4 is 0 Å². The Labute approximate surface area is 65.9 Å². The van der Waals surface area contributed by atoms with Crippen molar-refractivity contribution >= 4 is 0 Å². The second kappa shape index (κ2) is 2.47. The molecule has 0 spiro atoms. The maximum Gasteiger partial charge on any atom is 0.102 e. The normalized spacial score (nSPS) is 48.7. The summed E-state index contributed by atoms with van der Waals surface area (Å²) in [6, 6.07) is 2.21. The molecular formula is C8H11NO2. The predicted molar refractivity (Wildman–Crippen MR) is 37.7 cm³/mol. The van der Waals surface area contributed by atoms with Crippen LogP contribution in [0.3, 0.4) is 0 Å². The monoisotopic (exact) mass is 153 g/mol. The van der Waals surface area contributed by atoms with Crippen molar-refractivity contribution in [2.45, 2.75) is 19.1 Å². The van der Waals surface area contributed by atoms with Crippen molar-refractivity contribution in [1.82, 2.24) is 0 Å². The Kier molecular flexibility index (Phi) is 1.59. The van der Waals surface area contributed by atoms with E-state index in [4.69, 9.17) is 14.7 Å². The fourth-order valence-corrected chi connectivity index (χ4v) is 1.80. The maximum absolute atomic E-state index is 8.69. The highest BCUT2D eigenvalue weighted by Gasteiger charge is 2.45. The summed E-state index contributed by atoms with van der Waals surface area (Å²) in [5.41, 5.74) is 0. The highest BCUT2D eigenvalue weighted by molar-refractivity contribution is 5.01. The van der Waals surface area contributed by atoms with Crippen LogP contribution in [0.5, 0.6) is 0 Å². The van der Waals surface area contributed by atoms with Gasteiger partial charge in [0.2, 0.25) is 0 Å². The van der Waals surface area contributed by atoms with Gasteiger partial charge in [0, 0.05) is 5.92 Å². The van der Waals surface area contributed by atoms with Gasteiger partial charge in [-0.25, -0.2) is 0 Å². The molecule has 4 unspecified atom stereocenters. The molecule has 0 N–H and O–H groups in total. The number of ether oxygens (including phenoxy) is 2. The van der Waals surface area contributed by atoms with E-state index in [1.165, 1.54) is 0 Å². The summed E-state index contributed by atoms with van der Waals surface area (Å²) in [6.07, 6.45) is 0.231. The Morgan fingerprint density at radius 1 is 1.27 bits per heavy atom. The van der Waals surface area contributed by atoms with Gasteiger partial charge in [0.15, 0.2) is 0 Å². The van der Waals surface area contributed by atoms with Crippen LogP contribution in [0.4, 0.5) is 0 Å². The molecule has 0 amide bonds. The molecule has 2 saturated heterocycles. The van der Waals surface area contributed by atoms with Gasteiger partial charge in [0.1, 0.15) is 6.10 Å². The van der Waals surface area contributed by atoms with E-state index in [-0.39, 0.29) is 18.1 Å². The minimum atomic E-state index is -0.0371. The minimum Gasteiger partial charge on any atom is -0.374 e. The second-order valence-corrected chi connectivity index (χ2v) is 3.31. The summed E-state index contributed by atoms with van der Waals surface area (Å²) in [4.78, 5) is 0. The molecule has 0 aliphatic carbocycles. The zero-order chi connectivity index (χ0) is 7.84. The molecule has 0 saturated carbocycles. The smallest absolute Gasteiger partial charge is 0.102 e. The van der Waals surface area contributed by atoms with E-state index in [1.54, 1.807) is 0 Å². The fraction of sp³-hybridized carbons (Fsp3) is 0.875. The number of fused-ring (bicyclic) bond motifs is 1. The molecule has 3 nitrogen and oxygen atoms in total. The predicted octanol–water partition coefficient (Wildman–Crippen LogP) is 0.560. The van der Waals surface area contributed by atoms with Crippen LogP contribution in [0, 0.1) is 23.2 Å². The first-order valence-corrected chi connectivity index (χ1v) is 3.95. The highest BCUT2D eigenvalue weighted by atomic mass is 16.6. The van der Waals surface area contributed by atoms with Crippen molar-refractivity contribution in [2.75, 3.05) is 13.2 Å². The lowest BCUT2D eigenvalue weighted by Crippen LogP contribution is -2.24. The number of nitrogens with zero attached hydrogens (tertiary/aromatic N) is 1. The third-order valence-electron chi connectivity index (χ3n) is 2.47. The van der Waals surface area contributed by atoms with Crippen LogP contribution in [0.2, 0.25) is 0 Å².